The van der Waals surface area contributed by atoms with Crippen molar-refractivity contribution < 1.29 is 4.74 Å². The lowest BCUT2D eigenvalue weighted by Gasteiger charge is -2.26. The molecule has 0 unspecified atom stereocenters. The van der Waals surface area contributed by atoms with Crippen LogP contribution in [0.5, 0.6) is 0 Å². The summed E-state index contributed by atoms with van der Waals surface area (Å²) in [5.74, 6) is 0. The first-order valence-corrected chi connectivity index (χ1v) is 5.90. The molecule has 11 heavy (non-hydrogen) atoms. The molecule has 0 saturated heterocycles. The van der Waals surface area contributed by atoms with E-state index >= 15 is 0 Å². The van der Waals surface area contributed by atoms with Gasteiger partial charge in [0.2, 0.25) is 0 Å². The Morgan fingerprint density at radius 2 is 1.91 bits per heavy atom. The highest BCUT2D eigenvalue weighted by Gasteiger charge is 2.24. The molecule has 0 bridgehead atoms. The van der Waals surface area contributed by atoms with E-state index in [-0.39, 0.29) is 5.60 Å². The first-order valence-electron chi connectivity index (χ1n) is 4.38. The van der Waals surface area contributed by atoms with Crippen molar-refractivity contribution in [3.05, 3.63) is 0 Å². The van der Waals surface area contributed by atoms with Gasteiger partial charge in [-0.2, -0.15) is 0 Å². The average Bonchev–Trinajstić information content (AvgIpc) is 2.39. The quantitative estimate of drug-likeness (QED) is 0.564. The standard InChI is InChI=1S/C9H17IO/c1-9(2,7-10)11-8-5-3-4-6-8/h8H,3-7H2,1-2H3. The minimum absolute atomic E-state index is 0.0928. The topological polar surface area (TPSA) is 9.23 Å². The van der Waals surface area contributed by atoms with Crippen LogP contribution < -0.4 is 0 Å². The molecule has 0 amide bonds. The van der Waals surface area contributed by atoms with Gasteiger partial charge in [-0.3, -0.25) is 0 Å². The lowest BCUT2D eigenvalue weighted by molar-refractivity contribution is -0.0508. The van der Waals surface area contributed by atoms with Gasteiger partial charge in [-0.15, -0.1) is 0 Å². The van der Waals surface area contributed by atoms with Crippen molar-refractivity contribution in [3.8, 4) is 0 Å². The molecule has 0 N–H and O–H groups in total. The highest BCUT2D eigenvalue weighted by molar-refractivity contribution is 14.1. The van der Waals surface area contributed by atoms with Gasteiger partial charge < -0.3 is 4.74 Å². The predicted octanol–water partition coefficient (Wildman–Crippen LogP) is 3.16. The lowest BCUT2D eigenvalue weighted by Crippen LogP contribution is -2.30. The van der Waals surface area contributed by atoms with Gasteiger partial charge in [0, 0.05) is 4.43 Å². The Bertz CT molecular complexity index is 117. The minimum atomic E-state index is 0.0928. The van der Waals surface area contributed by atoms with Crippen molar-refractivity contribution in [3.63, 3.8) is 0 Å². The molecule has 1 rings (SSSR count). The Hall–Kier alpha value is 0.690. The third kappa shape index (κ3) is 3.28. The van der Waals surface area contributed by atoms with Gasteiger partial charge in [0.05, 0.1) is 11.7 Å². The van der Waals surface area contributed by atoms with Crippen LogP contribution in [0.1, 0.15) is 39.5 Å². The summed E-state index contributed by atoms with van der Waals surface area (Å²) in [7, 11) is 0. The molecule has 0 aliphatic heterocycles. The van der Waals surface area contributed by atoms with E-state index in [1.807, 2.05) is 0 Å². The van der Waals surface area contributed by atoms with E-state index < -0.39 is 0 Å². The van der Waals surface area contributed by atoms with Crippen LogP contribution in [0.3, 0.4) is 0 Å². The molecule has 0 aromatic rings. The van der Waals surface area contributed by atoms with Gasteiger partial charge in [-0.25, -0.2) is 0 Å². The van der Waals surface area contributed by atoms with Crippen LogP contribution in [-0.4, -0.2) is 16.1 Å². The summed E-state index contributed by atoms with van der Waals surface area (Å²) in [4.78, 5) is 0. The smallest absolute Gasteiger partial charge is 0.0719 e. The van der Waals surface area contributed by atoms with Crippen molar-refractivity contribution in [2.24, 2.45) is 0 Å². The maximum Gasteiger partial charge on any atom is 0.0719 e. The van der Waals surface area contributed by atoms with Crippen molar-refractivity contribution in [2.45, 2.75) is 51.2 Å². The molecule has 0 aromatic carbocycles. The molecule has 0 radical (unpaired) electrons. The molecule has 1 fully saturated rings. The van der Waals surface area contributed by atoms with Gasteiger partial charge >= 0.3 is 0 Å². The molecule has 2 heteroatoms. The molecule has 1 saturated carbocycles. The zero-order valence-electron chi connectivity index (χ0n) is 7.40. The number of ether oxygens (including phenoxy) is 1. The largest absolute Gasteiger partial charge is 0.372 e. The maximum atomic E-state index is 5.94. The highest BCUT2D eigenvalue weighted by atomic mass is 127. The van der Waals surface area contributed by atoms with Crippen LogP contribution >= 0.6 is 22.6 Å². The second kappa shape index (κ2) is 4.08. The fourth-order valence-corrected chi connectivity index (χ4v) is 1.67. The molecule has 66 valence electrons. The number of hydrogen-bond donors (Lipinski definition) is 0. The van der Waals surface area contributed by atoms with E-state index in [0.717, 1.165) is 4.43 Å². The van der Waals surface area contributed by atoms with E-state index in [2.05, 4.69) is 36.4 Å². The average molecular weight is 268 g/mol. The van der Waals surface area contributed by atoms with Gasteiger partial charge in [-0.05, 0) is 26.7 Å². The van der Waals surface area contributed by atoms with E-state index in [4.69, 9.17) is 4.74 Å². The lowest BCUT2D eigenvalue weighted by atomic mass is 10.1. The summed E-state index contributed by atoms with van der Waals surface area (Å²) < 4.78 is 7.02. The molecule has 1 nitrogen and oxygen atoms in total. The van der Waals surface area contributed by atoms with Crippen LogP contribution in [0.15, 0.2) is 0 Å². The maximum absolute atomic E-state index is 5.94. The Labute approximate surface area is 83.0 Å². The number of hydrogen-bond acceptors (Lipinski definition) is 1. The van der Waals surface area contributed by atoms with Crippen LogP contribution in [-0.2, 0) is 4.74 Å². The summed E-state index contributed by atoms with van der Waals surface area (Å²) in [6, 6.07) is 0. The third-order valence-electron chi connectivity index (χ3n) is 2.11. The summed E-state index contributed by atoms with van der Waals surface area (Å²) in [6.45, 7) is 4.36. The second-order valence-corrected chi connectivity index (χ2v) is 4.68. The molecule has 1 aliphatic carbocycles. The van der Waals surface area contributed by atoms with Crippen LogP contribution in [0.2, 0.25) is 0 Å². The molecule has 0 aromatic heterocycles. The normalized spacial score (nSPS) is 21.0. The minimum Gasteiger partial charge on any atom is -0.372 e. The van der Waals surface area contributed by atoms with Crippen LogP contribution in [0, 0.1) is 0 Å². The molecule has 1 aliphatic rings. The van der Waals surface area contributed by atoms with Gasteiger partial charge in [0.1, 0.15) is 0 Å². The van der Waals surface area contributed by atoms with E-state index in [0.29, 0.717) is 6.10 Å². The van der Waals surface area contributed by atoms with E-state index in [1.165, 1.54) is 25.7 Å². The Kier molecular flexibility index (Phi) is 3.62. The molecular weight excluding hydrogens is 251 g/mol. The van der Waals surface area contributed by atoms with Crippen LogP contribution in [0.4, 0.5) is 0 Å². The zero-order chi connectivity index (χ0) is 8.32. The number of rotatable bonds is 3. The molecular formula is C9H17IO. The van der Waals surface area contributed by atoms with Gasteiger partial charge in [0.15, 0.2) is 0 Å². The monoisotopic (exact) mass is 268 g/mol. The third-order valence-corrected chi connectivity index (χ3v) is 3.95. The highest BCUT2D eigenvalue weighted by Crippen LogP contribution is 2.26. The fraction of sp³-hybridized carbons (Fsp3) is 1.00. The van der Waals surface area contributed by atoms with Crippen molar-refractivity contribution in [1.82, 2.24) is 0 Å². The fourth-order valence-electron chi connectivity index (χ4n) is 1.49. The summed E-state index contributed by atoms with van der Waals surface area (Å²) in [5.41, 5.74) is 0.0928. The SMILES string of the molecule is CC(C)(CI)OC1CCCC1. The first-order chi connectivity index (χ1) is 5.14. The summed E-state index contributed by atoms with van der Waals surface area (Å²) >= 11 is 2.39. The Morgan fingerprint density at radius 3 is 2.36 bits per heavy atom. The van der Waals surface area contributed by atoms with E-state index in [1.54, 1.807) is 0 Å². The van der Waals surface area contributed by atoms with Crippen LogP contribution in [0.25, 0.3) is 0 Å². The van der Waals surface area contributed by atoms with Crippen molar-refractivity contribution in [2.75, 3.05) is 4.43 Å². The summed E-state index contributed by atoms with van der Waals surface area (Å²) in [6.07, 6.45) is 5.84. The summed E-state index contributed by atoms with van der Waals surface area (Å²) in [5, 5.41) is 0. The Balaban J connectivity index is 2.28. The zero-order valence-corrected chi connectivity index (χ0v) is 9.56. The first kappa shape index (κ1) is 9.78. The van der Waals surface area contributed by atoms with Gasteiger partial charge in [-0.1, -0.05) is 35.4 Å². The Morgan fingerprint density at radius 1 is 1.36 bits per heavy atom. The van der Waals surface area contributed by atoms with E-state index in [9.17, 15) is 0 Å². The molecule has 0 heterocycles. The van der Waals surface area contributed by atoms with Crippen molar-refractivity contribution >= 4 is 22.6 Å². The van der Waals surface area contributed by atoms with Gasteiger partial charge in [0.25, 0.3) is 0 Å². The second-order valence-electron chi connectivity index (χ2n) is 3.92. The number of alkyl halides is 1. The number of halogens is 1. The molecule has 0 atom stereocenters. The molecule has 0 spiro atoms. The van der Waals surface area contributed by atoms with Crippen molar-refractivity contribution in [1.29, 1.82) is 0 Å². The predicted molar refractivity (Wildman–Crippen MR) is 56.3 cm³/mol.